The van der Waals surface area contributed by atoms with Gasteiger partial charge in [0.1, 0.15) is 5.69 Å². The fourth-order valence-electron chi connectivity index (χ4n) is 2.47. The van der Waals surface area contributed by atoms with Gasteiger partial charge < -0.3 is 10.1 Å². The highest BCUT2D eigenvalue weighted by molar-refractivity contribution is 5.97. The Morgan fingerprint density at radius 2 is 1.93 bits per heavy atom. The minimum atomic E-state index is -1.09. The highest BCUT2D eigenvalue weighted by Crippen LogP contribution is 2.31. The van der Waals surface area contributed by atoms with Crippen molar-refractivity contribution >= 4 is 23.2 Å². The minimum Gasteiger partial charge on any atom is -0.478 e. The SMILES string of the molecule is C[C@@H](Oc1ccccc1F)C(=O)NNC(=O)c1ccc(NC2CC2)c([N+](=O)[O-])c1. The van der Waals surface area contributed by atoms with Gasteiger partial charge in [-0.25, -0.2) is 4.39 Å². The van der Waals surface area contributed by atoms with Crippen molar-refractivity contribution in [2.45, 2.75) is 31.9 Å². The third-order valence-electron chi connectivity index (χ3n) is 4.20. The Labute approximate surface area is 165 Å². The summed E-state index contributed by atoms with van der Waals surface area (Å²) < 4.78 is 18.8. The van der Waals surface area contributed by atoms with Crippen LogP contribution >= 0.6 is 0 Å². The van der Waals surface area contributed by atoms with E-state index in [0.29, 0.717) is 5.69 Å². The highest BCUT2D eigenvalue weighted by Gasteiger charge is 2.26. The molecule has 0 unspecified atom stereocenters. The van der Waals surface area contributed by atoms with Gasteiger partial charge in [-0.3, -0.25) is 30.6 Å². The lowest BCUT2D eigenvalue weighted by atomic mass is 10.1. The molecule has 0 saturated heterocycles. The van der Waals surface area contributed by atoms with Crippen molar-refractivity contribution in [2.24, 2.45) is 0 Å². The lowest BCUT2D eigenvalue weighted by Gasteiger charge is -2.15. The second kappa shape index (κ2) is 8.55. The van der Waals surface area contributed by atoms with Gasteiger partial charge >= 0.3 is 0 Å². The summed E-state index contributed by atoms with van der Waals surface area (Å²) in [6.07, 6.45) is 0.795. The third-order valence-corrected chi connectivity index (χ3v) is 4.20. The number of rotatable bonds is 7. The quantitative estimate of drug-likeness (QED) is 0.483. The fourth-order valence-corrected chi connectivity index (χ4v) is 2.47. The lowest BCUT2D eigenvalue weighted by Crippen LogP contribution is -2.47. The summed E-state index contributed by atoms with van der Waals surface area (Å²) in [4.78, 5) is 35.0. The average Bonchev–Trinajstić information content (AvgIpc) is 3.51. The van der Waals surface area contributed by atoms with Gasteiger partial charge in [-0.1, -0.05) is 12.1 Å². The van der Waals surface area contributed by atoms with Crippen LogP contribution in [0.5, 0.6) is 5.75 Å². The van der Waals surface area contributed by atoms with Crippen LogP contribution in [0.2, 0.25) is 0 Å². The Hall–Kier alpha value is -3.69. The summed E-state index contributed by atoms with van der Waals surface area (Å²) in [6.45, 7) is 1.39. The van der Waals surface area contributed by atoms with Crippen LogP contribution < -0.4 is 20.9 Å². The van der Waals surface area contributed by atoms with Crippen LogP contribution in [0.4, 0.5) is 15.8 Å². The maximum atomic E-state index is 13.6. The fraction of sp³-hybridized carbons (Fsp3) is 0.263. The zero-order valence-electron chi connectivity index (χ0n) is 15.5. The first-order chi connectivity index (χ1) is 13.8. The molecule has 2 amide bonds. The second-order valence-electron chi connectivity index (χ2n) is 6.54. The molecular formula is C19H19FN4O5. The molecule has 0 aromatic heterocycles. The molecular weight excluding hydrogens is 383 g/mol. The summed E-state index contributed by atoms with van der Waals surface area (Å²) >= 11 is 0. The number of carbonyl (C=O) groups is 2. The molecule has 1 atom stereocenters. The number of amides is 2. The van der Waals surface area contributed by atoms with Crippen LogP contribution in [0, 0.1) is 15.9 Å². The van der Waals surface area contributed by atoms with Gasteiger partial charge in [0.25, 0.3) is 17.5 Å². The number of halogens is 1. The zero-order chi connectivity index (χ0) is 21.0. The Bertz CT molecular complexity index is 948. The van der Waals surface area contributed by atoms with Gasteiger partial charge in [0.2, 0.25) is 0 Å². The van der Waals surface area contributed by atoms with Crippen molar-refractivity contribution in [1.29, 1.82) is 0 Å². The molecule has 10 heteroatoms. The standard InChI is InChI=1S/C19H19FN4O5/c1-11(29-17-5-3-2-4-14(17)20)18(25)22-23-19(26)12-6-9-15(21-13-7-8-13)16(10-12)24(27)28/h2-6,9-11,13,21H,7-8H2,1H3,(H,22,25)(H,23,26)/t11-/m1/s1. The van der Waals surface area contributed by atoms with E-state index in [-0.39, 0.29) is 23.0 Å². The summed E-state index contributed by atoms with van der Waals surface area (Å²) in [7, 11) is 0. The summed E-state index contributed by atoms with van der Waals surface area (Å²) in [5, 5.41) is 14.3. The number of anilines is 1. The summed E-state index contributed by atoms with van der Waals surface area (Å²) in [6, 6.07) is 9.81. The number of nitro groups is 1. The first kappa shape index (κ1) is 20.1. The summed E-state index contributed by atoms with van der Waals surface area (Å²) in [5.74, 6) is -2.18. The second-order valence-corrected chi connectivity index (χ2v) is 6.54. The van der Waals surface area contributed by atoms with Gasteiger partial charge in [-0.05, 0) is 44.0 Å². The Balaban J connectivity index is 1.59. The van der Waals surface area contributed by atoms with E-state index < -0.39 is 28.7 Å². The van der Waals surface area contributed by atoms with E-state index in [0.717, 1.165) is 18.9 Å². The number of hydrogen-bond acceptors (Lipinski definition) is 6. The van der Waals surface area contributed by atoms with Gasteiger partial charge in [0, 0.05) is 17.7 Å². The first-order valence-corrected chi connectivity index (χ1v) is 8.91. The number of ether oxygens (including phenoxy) is 1. The summed E-state index contributed by atoms with van der Waals surface area (Å²) in [5.41, 5.74) is 4.43. The van der Waals surface area contributed by atoms with Gasteiger partial charge in [0.15, 0.2) is 17.7 Å². The van der Waals surface area contributed by atoms with E-state index in [1.54, 1.807) is 6.07 Å². The van der Waals surface area contributed by atoms with Crippen molar-refractivity contribution in [3.05, 3.63) is 64.0 Å². The van der Waals surface area contributed by atoms with Crippen molar-refractivity contribution in [2.75, 3.05) is 5.32 Å². The van der Waals surface area contributed by atoms with E-state index >= 15 is 0 Å². The van der Waals surface area contributed by atoms with E-state index in [1.807, 2.05) is 0 Å². The molecule has 0 spiro atoms. The van der Waals surface area contributed by atoms with E-state index in [1.165, 1.54) is 37.3 Å². The third kappa shape index (κ3) is 5.18. The largest absolute Gasteiger partial charge is 0.478 e. The van der Waals surface area contributed by atoms with Crippen LogP contribution in [0.1, 0.15) is 30.1 Å². The topological polar surface area (TPSA) is 123 Å². The molecule has 1 aliphatic rings. The maximum Gasteiger partial charge on any atom is 0.293 e. The molecule has 9 nitrogen and oxygen atoms in total. The van der Waals surface area contributed by atoms with Gasteiger partial charge in [-0.2, -0.15) is 0 Å². The number of benzene rings is 2. The van der Waals surface area contributed by atoms with E-state index in [4.69, 9.17) is 4.74 Å². The number of nitro benzene ring substituents is 1. The number of nitrogens with zero attached hydrogens (tertiary/aromatic N) is 1. The van der Waals surface area contributed by atoms with Crippen molar-refractivity contribution in [1.82, 2.24) is 10.9 Å². The van der Waals surface area contributed by atoms with Crippen molar-refractivity contribution in [3.8, 4) is 5.75 Å². The van der Waals surface area contributed by atoms with Crippen LogP contribution in [-0.4, -0.2) is 28.9 Å². The average molecular weight is 402 g/mol. The molecule has 2 aromatic carbocycles. The molecule has 2 aromatic rings. The van der Waals surface area contributed by atoms with Crippen LogP contribution in [0.25, 0.3) is 0 Å². The number of para-hydroxylation sites is 1. The van der Waals surface area contributed by atoms with Crippen molar-refractivity contribution in [3.63, 3.8) is 0 Å². The number of nitrogens with one attached hydrogen (secondary N) is 3. The first-order valence-electron chi connectivity index (χ1n) is 8.91. The molecule has 152 valence electrons. The molecule has 1 saturated carbocycles. The van der Waals surface area contributed by atoms with Crippen LogP contribution in [0.3, 0.4) is 0 Å². The molecule has 0 radical (unpaired) electrons. The number of carbonyl (C=O) groups excluding carboxylic acids is 2. The number of hydrogen-bond donors (Lipinski definition) is 3. The minimum absolute atomic E-state index is 0.000946. The molecule has 1 aliphatic carbocycles. The molecule has 3 rings (SSSR count). The van der Waals surface area contributed by atoms with Crippen LogP contribution in [-0.2, 0) is 4.79 Å². The van der Waals surface area contributed by atoms with Gasteiger partial charge in [0.05, 0.1) is 4.92 Å². The monoisotopic (exact) mass is 402 g/mol. The molecule has 0 heterocycles. The Morgan fingerprint density at radius 3 is 2.59 bits per heavy atom. The number of hydrazine groups is 1. The Kier molecular flexibility index (Phi) is 5.91. The molecule has 0 aliphatic heterocycles. The molecule has 1 fully saturated rings. The van der Waals surface area contributed by atoms with E-state index in [9.17, 15) is 24.1 Å². The zero-order valence-corrected chi connectivity index (χ0v) is 15.5. The Morgan fingerprint density at radius 1 is 1.21 bits per heavy atom. The van der Waals surface area contributed by atoms with E-state index in [2.05, 4.69) is 16.2 Å². The maximum absolute atomic E-state index is 13.6. The van der Waals surface area contributed by atoms with Crippen LogP contribution in [0.15, 0.2) is 42.5 Å². The van der Waals surface area contributed by atoms with Gasteiger partial charge in [-0.15, -0.1) is 0 Å². The highest BCUT2D eigenvalue weighted by atomic mass is 19.1. The molecule has 0 bridgehead atoms. The van der Waals surface area contributed by atoms with Crippen molar-refractivity contribution < 1.29 is 23.6 Å². The molecule has 29 heavy (non-hydrogen) atoms. The normalized spacial score (nSPS) is 13.9. The lowest BCUT2D eigenvalue weighted by molar-refractivity contribution is -0.384. The molecule has 3 N–H and O–H groups in total. The smallest absolute Gasteiger partial charge is 0.293 e. The predicted octanol–water partition coefficient (Wildman–Crippen LogP) is 2.54. The predicted molar refractivity (Wildman–Crippen MR) is 102 cm³/mol.